The first-order valence-corrected chi connectivity index (χ1v) is 5.59. The van der Waals surface area contributed by atoms with Crippen molar-refractivity contribution >= 4 is 21.7 Å². The maximum atomic E-state index is 4.13. The second-order valence-corrected chi connectivity index (χ2v) is 5.31. The molecule has 3 nitrogen and oxygen atoms in total. The minimum Gasteiger partial charge on any atom is -0.370 e. The Labute approximate surface area is 92.5 Å². The lowest BCUT2D eigenvalue weighted by Gasteiger charge is -2.06. The largest absolute Gasteiger partial charge is 0.370 e. The highest BCUT2D eigenvalue weighted by Crippen LogP contribution is 2.51. The monoisotopic (exact) mass is 255 g/mol. The normalized spacial score (nSPS) is 23.2. The molecule has 1 N–H and O–H groups in total. The third kappa shape index (κ3) is 2.23. The van der Waals surface area contributed by atoms with Gasteiger partial charge in [-0.25, -0.2) is 9.97 Å². The Balaban J connectivity index is 1.87. The molecule has 1 unspecified atom stereocenters. The average molecular weight is 256 g/mol. The topological polar surface area (TPSA) is 37.8 Å². The first kappa shape index (κ1) is 9.90. The van der Waals surface area contributed by atoms with Crippen molar-refractivity contribution in [3.8, 4) is 0 Å². The van der Waals surface area contributed by atoms with Gasteiger partial charge >= 0.3 is 0 Å². The van der Waals surface area contributed by atoms with Gasteiger partial charge in [0.05, 0.1) is 0 Å². The van der Waals surface area contributed by atoms with E-state index in [1.165, 1.54) is 6.42 Å². The van der Waals surface area contributed by atoms with Crippen LogP contribution in [0.4, 0.5) is 5.82 Å². The van der Waals surface area contributed by atoms with Crippen molar-refractivity contribution in [2.45, 2.75) is 20.3 Å². The van der Waals surface area contributed by atoms with E-state index in [0.29, 0.717) is 5.41 Å². The van der Waals surface area contributed by atoms with E-state index in [-0.39, 0.29) is 0 Å². The summed E-state index contributed by atoms with van der Waals surface area (Å²) in [5.74, 6) is 1.69. The lowest BCUT2D eigenvalue weighted by Crippen LogP contribution is -2.08. The van der Waals surface area contributed by atoms with E-state index in [1.807, 2.05) is 6.07 Å². The second-order valence-electron chi connectivity index (χ2n) is 4.50. The first-order valence-electron chi connectivity index (χ1n) is 4.79. The molecule has 1 heterocycles. The van der Waals surface area contributed by atoms with E-state index in [0.717, 1.165) is 22.9 Å². The van der Waals surface area contributed by atoms with Crippen LogP contribution in [-0.2, 0) is 0 Å². The van der Waals surface area contributed by atoms with Gasteiger partial charge in [0.1, 0.15) is 16.7 Å². The molecule has 1 aliphatic rings. The molecule has 2 rings (SSSR count). The number of anilines is 1. The Morgan fingerprint density at radius 1 is 1.57 bits per heavy atom. The fourth-order valence-corrected chi connectivity index (χ4v) is 1.89. The SMILES string of the molecule is CC1(C)CC1CNc1cc(Br)ncn1. The summed E-state index contributed by atoms with van der Waals surface area (Å²) in [6, 6.07) is 1.90. The van der Waals surface area contributed by atoms with Crippen LogP contribution in [-0.4, -0.2) is 16.5 Å². The molecule has 0 amide bonds. The molecule has 1 aromatic heterocycles. The van der Waals surface area contributed by atoms with Crippen molar-refractivity contribution in [3.05, 3.63) is 17.0 Å². The Hall–Kier alpha value is -0.640. The highest BCUT2D eigenvalue weighted by atomic mass is 79.9. The summed E-state index contributed by atoms with van der Waals surface area (Å²) < 4.78 is 0.824. The van der Waals surface area contributed by atoms with Gasteiger partial charge in [0.2, 0.25) is 0 Å². The van der Waals surface area contributed by atoms with Crippen LogP contribution in [0, 0.1) is 11.3 Å². The van der Waals surface area contributed by atoms with Crippen molar-refractivity contribution in [1.82, 2.24) is 9.97 Å². The molecule has 1 fully saturated rings. The van der Waals surface area contributed by atoms with Gasteiger partial charge in [0, 0.05) is 12.6 Å². The predicted molar refractivity (Wildman–Crippen MR) is 60.1 cm³/mol. The molecule has 1 atom stereocenters. The third-order valence-electron chi connectivity index (χ3n) is 2.88. The minimum atomic E-state index is 0.525. The molecule has 1 saturated carbocycles. The predicted octanol–water partition coefficient (Wildman–Crippen LogP) is 2.70. The molecule has 0 radical (unpaired) electrons. The molecule has 0 aromatic carbocycles. The molecule has 0 bridgehead atoms. The van der Waals surface area contributed by atoms with Gasteiger partial charge in [-0.2, -0.15) is 0 Å². The van der Waals surface area contributed by atoms with E-state index in [2.05, 4.69) is 45.1 Å². The third-order valence-corrected chi connectivity index (χ3v) is 3.31. The summed E-state index contributed by atoms with van der Waals surface area (Å²) in [4.78, 5) is 8.11. The van der Waals surface area contributed by atoms with Crippen molar-refractivity contribution in [2.24, 2.45) is 11.3 Å². The van der Waals surface area contributed by atoms with Gasteiger partial charge in [0.25, 0.3) is 0 Å². The summed E-state index contributed by atoms with van der Waals surface area (Å²) in [7, 11) is 0. The van der Waals surface area contributed by atoms with E-state index < -0.39 is 0 Å². The number of halogens is 1. The van der Waals surface area contributed by atoms with Gasteiger partial charge in [-0.15, -0.1) is 0 Å². The molecule has 0 aliphatic heterocycles. The quantitative estimate of drug-likeness (QED) is 0.845. The fraction of sp³-hybridized carbons (Fsp3) is 0.600. The lowest BCUT2D eigenvalue weighted by atomic mass is 10.1. The van der Waals surface area contributed by atoms with Gasteiger partial charge < -0.3 is 5.32 Å². The summed E-state index contributed by atoms with van der Waals surface area (Å²) in [5.41, 5.74) is 0.525. The highest BCUT2D eigenvalue weighted by molar-refractivity contribution is 9.10. The Morgan fingerprint density at radius 2 is 2.29 bits per heavy atom. The number of hydrogen-bond acceptors (Lipinski definition) is 3. The molecular formula is C10H14BrN3. The lowest BCUT2D eigenvalue weighted by molar-refractivity contribution is 0.573. The zero-order chi connectivity index (χ0) is 10.2. The summed E-state index contributed by atoms with van der Waals surface area (Å²) in [5, 5.41) is 3.32. The van der Waals surface area contributed by atoms with Gasteiger partial charge in [0.15, 0.2) is 0 Å². The van der Waals surface area contributed by atoms with Crippen molar-refractivity contribution in [3.63, 3.8) is 0 Å². The van der Waals surface area contributed by atoms with Crippen LogP contribution < -0.4 is 5.32 Å². The number of hydrogen-bond donors (Lipinski definition) is 1. The Kier molecular flexibility index (Phi) is 2.47. The zero-order valence-corrected chi connectivity index (χ0v) is 10.0. The fourth-order valence-electron chi connectivity index (χ4n) is 1.58. The molecule has 76 valence electrons. The van der Waals surface area contributed by atoms with E-state index in [1.54, 1.807) is 6.33 Å². The Morgan fingerprint density at radius 3 is 2.86 bits per heavy atom. The summed E-state index contributed by atoms with van der Waals surface area (Å²) in [6.45, 7) is 5.61. The zero-order valence-electron chi connectivity index (χ0n) is 8.42. The van der Waals surface area contributed by atoms with Crippen LogP contribution in [0.5, 0.6) is 0 Å². The number of rotatable bonds is 3. The van der Waals surface area contributed by atoms with Crippen molar-refractivity contribution in [2.75, 3.05) is 11.9 Å². The number of nitrogens with one attached hydrogen (secondary N) is 1. The maximum Gasteiger partial charge on any atom is 0.130 e. The van der Waals surface area contributed by atoms with Crippen molar-refractivity contribution < 1.29 is 0 Å². The molecule has 1 aliphatic carbocycles. The van der Waals surface area contributed by atoms with Crippen LogP contribution in [0.2, 0.25) is 0 Å². The second kappa shape index (κ2) is 3.50. The van der Waals surface area contributed by atoms with E-state index in [4.69, 9.17) is 0 Å². The molecule has 1 aromatic rings. The highest BCUT2D eigenvalue weighted by Gasteiger charge is 2.44. The van der Waals surface area contributed by atoms with Gasteiger partial charge in [-0.3, -0.25) is 0 Å². The average Bonchev–Trinajstić information content (AvgIpc) is 2.71. The van der Waals surface area contributed by atoms with Crippen LogP contribution in [0.25, 0.3) is 0 Å². The van der Waals surface area contributed by atoms with Crippen molar-refractivity contribution in [1.29, 1.82) is 0 Å². The summed E-state index contributed by atoms with van der Waals surface area (Å²) >= 11 is 3.32. The molecule has 0 spiro atoms. The smallest absolute Gasteiger partial charge is 0.130 e. The van der Waals surface area contributed by atoms with Gasteiger partial charge in [-0.1, -0.05) is 13.8 Å². The number of aromatic nitrogens is 2. The van der Waals surface area contributed by atoms with Crippen LogP contribution in [0.3, 0.4) is 0 Å². The standard InChI is InChI=1S/C10H14BrN3/c1-10(2)4-7(10)5-12-9-3-8(11)13-6-14-9/h3,6-7H,4-5H2,1-2H3,(H,12,13,14). The molecule has 14 heavy (non-hydrogen) atoms. The first-order chi connectivity index (χ1) is 6.58. The van der Waals surface area contributed by atoms with E-state index >= 15 is 0 Å². The van der Waals surface area contributed by atoms with Crippen LogP contribution in [0.15, 0.2) is 17.0 Å². The molecular weight excluding hydrogens is 242 g/mol. The van der Waals surface area contributed by atoms with Gasteiger partial charge in [-0.05, 0) is 33.7 Å². The van der Waals surface area contributed by atoms with E-state index in [9.17, 15) is 0 Å². The molecule has 4 heteroatoms. The van der Waals surface area contributed by atoms with Crippen LogP contribution >= 0.6 is 15.9 Å². The molecule has 0 saturated heterocycles. The van der Waals surface area contributed by atoms with Crippen LogP contribution in [0.1, 0.15) is 20.3 Å². The minimum absolute atomic E-state index is 0.525. The maximum absolute atomic E-state index is 4.13. The Bertz CT molecular complexity index is 338. The number of nitrogens with zero attached hydrogens (tertiary/aromatic N) is 2. The summed E-state index contributed by atoms with van der Waals surface area (Å²) in [6.07, 6.45) is 2.87.